The summed E-state index contributed by atoms with van der Waals surface area (Å²) >= 11 is 0. The lowest BCUT2D eigenvalue weighted by atomic mass is 9.85. The third-order valence-electron chi connectivity index (χ3n) is 4.36. The molecule has 2 aliphatic rings. The summed E-state index contributed by atoms with van der Waals surface area (Å²) in [6.45, 7) is 7.73. The number of fused-ring (bicyclic) bond motifs is 1. The number of hydrogen-bond acceptors (Lipinski definition) is 3. The van der Waals surface area contributed by atoms with Crippen LogP contribution in [0.15, 0.2) is 0 Å². The fourth-order valence-corrected chi connectivity index (χ4v) is 2.98. The van der Waals surface area contributed by atoms with Crippen LogP contribution in [0.5, 0.6) is 0 Å². The highest BCUT2D eigenvalue weighted by Gasteiger charge is 2.29. The molecule has 1 aromatic heterocycles. The first-order chi connectivity index (χ1) is 9.13. The molecule has 104 valence electrons. The molecule has 1 atom stereocenters. The fraction of sp³-hybridized carbons (Fsp3) is 0.750. The molecule has 1 aromatic rings. The van der Waals surface area contributed by atoms with Gasteiger partial charge in [-0.2, -0.15) is 0 Å². The second-order valence-corrected chi connectivity index (χ2v) is 6.54. The van der Waals surface area contributed by atoms with Gasteiger partial charge in [-0.3, -0.25) is 0 Å². The van der Waals surface area contributed by atoms with E-state index in [1.54, 1.807) is 0 Å². The van der Waals surface area contributed by atoms with Gasteiger partial charge in [-0.15, -0.1) is 0 Å². The van der Waals surface area contributed by atoms with Crippen LogP contribution in [0.1, 0.15) is 61.8 Å². The molecule has 3 nitrogen and oxygen atoms in total. The van der Waals surface area contributed by atoms with Gasteiger partial charge < -0.3 is 5.32 Å². The molecule has 1 heterocycles. The van der Waals surface area contributed by atoms with Crippen molar-refractivity contribution < 1.29 is 0 Å². The van der Waals surface area contributed by atoms with Crippen molar-refractivity contribution >= 4 is 0 Å². The summed E-state index contributed by atoms with van der Waals surface area (Å²) in [5.41, 5.74) is 4.02. The van der Waals surface area contributed by atoms with Gasteiger partial charge in [0.15, 0.2) is 0 Å². The van der Waals surface area contributed by atoms with Gasteiger partial charge in [-0.1, -0.05) is 13.8 Å². The van der Waals surface area contributed by atoms with E-state index in [1.807, 2.05) is 0 Å². The molecule has 1 fully saturated rings. The van der Waals surface area contributed by atoms with Crippen LogP contribution in [0, 0.1) is 12.8 Å². The Morgan fingerprint density at radius 2 is 2.00 bits per heavy atom. The predicted octanol–water partition coefficient (Wildman–Crippen LogP) is 2.77. The van der Waals surface area contributed by atoms with Gasteiger partial charge in [0.1, 0.15) is 5.82 Å². The van der Waals surface area contributed by atoms with Crippen molar-refractivity contribution in [2.75, 3.05) is 6.54 Å². The highest BCUT2D eigenvalue weighted by molar-refractivity contribution is 5.29. The van der Waals surface area contributed by atoms with E-state index < -0.39 is 0 Å². The maximum Gasteiger partial charge on any atom is 0.131 e. The molecular formula is C16H25N3. The molecule has 1 unspecified atom stereocenters. The van der Waals surface area contributed by atoms with Crippen LogP contribution in [0.4, 0.5) is 0 Å². The van der Waals surface area contributed by atoms with Gasteiger partial charge >= 0.3 is 0 Å². The van der Waals surface area contributed by atoms with E-state index in [1.165, 1.54) is 36.2 Å². The standard InChI is InChI=1S/C16H25N3/c1-10(2)17-9-12-4-7-15-14(8-12)11(3)18-16(19-15)13-5-6-13/h10,12-13,17H,4-9H2,1-3H3. The second kappa shape index (κ2) is 5.20. The normalized spacial score (nSPS) is 22.6. The van der Waals surface area contributed by atoms with Crippen LogP contribution in [0.25, 0.3) is 0 Å². The minimum absolute atomic E-state index is 0.580. The third-order valence-corrected chi connectivity index (χ3v) is 4.36. The van der Waals surface area contributed by atoms with Gasteiger partial charge in [-0.25, -0.2) is 9.97 Å². The number of rotatable bonds is 4. The lowest BCUT2D eigenvalue weighted by Gasteiger charge is -2.26. The SMILES string of the molecule is Cc1nc(C2CC2)nc2c1CC(CNC(C)C)CC2. The monoisotopic (exact) mass is 259 g/mol. The van der Waals surface area contributed by atoms with Crippen molar-refractivity contribution in [1.82, 2.24) is 15.3 Å². The molecule has 0 aliphatic heterocycles. The first kappa shape index (κ1) is 13.0. The van der Waals surface area contributed by atoms with Gasteiger partial charge in [0.2, 0.25) is 0 Å². The maximum absolute atomic E-state index is 4.83. The molecule has 3 rings (SSSR count). The quantitative estimate of drug-likeness (QED) is 0.903. The number of nitrogens with zero attached hydrogens (tertiary/aromatic N) is 2. The van der Waals surface area contributed by atoms with Gasteiger partial charge in [0, 0.05) is 23.3 Å². The van der Waals surface area contributed by atoms with Crippen molar-refractivity contribution in [3.63, 3.8) is 0 Å². The molecule has 1 N–H and O–H groups in total. The van der Waals surface area contributed by atoms with Crippen molar-refractivity contribution in [3.05, 3.63) is 22.8 Å². The Morgan fingerprint density at radius 3 is 2.68 bits per heavy atom. The largest absolute Gasteiger partial charge is 0.314 e. The average molecular weight is 259 g/mol. The van der Waals surface area contributed by atoms with E-state index in [9.17, 15) is 0 Å². The van der Waals surface area contributed by atoms with Crippen LogP contribution in [0.3, 0.4) is 0 Å². The van der Waals surface area contributed by atoms with Crippen molar-refractivity contribution in [2.24, 2.45) is 5.92 Å². The molecule has 0 aromatic carbocycles. The highest BCUT2D eigenvalue weighted by atomic mass is 14.9. The van der Waals surface area contributed by atoms with Gasteiger partial charge in [-0.05, 0) is 57.1 Å². The lowest BCUT2D eigenvalue weighted by Crippen LogP contribution is -2.32. The minimum Gasteiger partial charge on any atom is -0.314 e. The molecule has 0 saturated heterocycles. The number of nitrogens with one attached hydrogen (secondary N) is 1. The van der Waals surface area contributed by atoms with Crippen LogP contribution >= 0.6 is 0 Å². The van der Waals surface area contributed by atoms with Crippen molar-refractivity contribution in [2.45, 2.75) is 64.8 Å². The van der Waals surface area contributed by atoms with Crippen LogP contribution in [-0.4, -0.2) is 22.6 Å². The Kier molecular flexibility index (Phi) is 3.57. The summed E-state index contributed by atoms with van der Waals surface area (Å²) in [7, 11) is 0. The minimum atomic E-state index is 0.580. The first-order valence-electron chi connectivity index (χ1n) is 7.73. The summed E-state index contributed by atoms with van der Waals surface area (Å²) in [6.07, 6.45) is 6.15. The Labute approximate surface area is 116 Å². The molecular weight excluding hydrogens is 234 g/mol. The molecule has 0 radical (unpaired) electrons. The molecule has 1 saturated carbocycles. The summed E-state index contributed by atoms with van der Waals surface area (Å²) in [6, 6.07) is 0.580. The van der Waals surface area contributed by atoms with E-state index in [4.69, 9.17) is 9.97 Å². The van der Waals surface area contributed by atoms with Crippen molar-refractivity contribution in [1.29, 1.82) is 0 Å². The first-order valence-corrected chi connectivity index (χ1v) is 7.73. The zero-order valence-corrected chi connectivity index (χ0v) is 12.4. The predicted molar refractivity (Wildman–Crippen MR) is 77.4 cm³/mol. The Bertz CT molecular complexity index is 463. The fourth-order valence-electron chi connectivity index (χ4n) is 2.98. The maximum atomic E-state index is 4.83. The second-order valence-electron chi connectivity index (χ2n) is 6.54. The van der Waals surface area contributed by atoms with Gasteiger partial charge in [0.25, 0.3) is 0 Å². The summed E-state index contributed by atoms with van der Waals surface area (Å²) in [5, 5.41) is 3.56. The zero-order valence-electron chi connectivity index (χ0n) is 12.4. The van der Waals surface area contributed by atoms with Crippen LogP contribution in [0.2, 0.25) is 0 Å². The smallest absolute Gasteiger partial charge is 0.131 e. The molecule has 0 spiro atoms. The zero-order chi connectivity index (χ0) is 13.4. The molecule has 3 heteroatoms. The highest BCUT2D eigenvalue weighted by Crippen LogP contribution is 2.39. The summed E-state index contributed by atoms with van der Waals surface area (Å²) in [4.78, 5) is 9.58. The topological polar surface area (TPSA) is 37.8 Å². The summed E-state index contributed by atoms with van der Waals surface area (Å²) in [5.74, 6) is 2.54. The van der Waals surface area contributed by atoms with Gasteiger partial charge in [0.05, 0.1) is 0 Å². The Hall–Kier alpha value is -0.960. The Morgan fingerprint density at radius 1 is 1.21 bits per heavy atom. The Balaban J connectivity index is 1.73. The number of hydrogen-bond donors (Lipinski definition) is 1. The van der Waals surface area contributed by atoms with E-state index in [0.717, 1.165) is 31.1 Å². The summed E-state index contributed by atoms with van der Waals surface area (Å²) < 4.78 is 0. The lowest BCUT2D eigenvalue weighted by molar-refractivity contribution is 0.400. The third kappa shape index (κ3) is 2.97. The van der Waals surface area contributed by atoms with E-state index in [0.29, 0.717) is 12.0 Å². The molecule has 0 bridgehead atoms. The number of aryl methyl sites for hydroxylation is 2. The van der Waals surface area contributed by atoms with Crippen LogP contribution in [-0.2, 0) is 12.8 Å². The van der Waals surface area contributed by atoms with E-state index in [2.05, 4.69) is 26.1 Å². The number of aromatic nitrogens is 2. The van der Waals surface area contributed by atoms with Crippen molar-refractivity contribution in [3.8, 4) is 0 Å². The van der Waals surface area contributed by atoms with E-state index in [-0.39, 0.29) is 0 Å². The van der Waals surface area contributed by atoms with Crippen LogP contribution < -0.4 is 5.32 Å². The molecule has 19 heavy (non-hydrogen) atoms. The average Bonchev–Trinajstić information content (AvgIpc) is 3.20. The van der Waals surface area contributed by atoms with E-state index >= 15 is 0 Å². The molecule has 2 aliphatic carbocycles. The molecule has 0 amide bonds.